The fourth-order valence-corrected chi connectivity index (χ4v) is 2.55. The number of aromatic nitrogens is 2. The van der Waals surface area contributed by atoms with Crippen molar-refractivity contribution in [3.05, 3.63) is 47.5 Å². The van der Waals surface area contributed by atoms with Gasteiger partial charge in [-0.1, -0.05) is 18.2 Å². The molecule has 3 rings (SSSR count). The average molecular weight is 351 g/mol. The molecule has 0 unspecified atom stereocenters. The highest BCUT2D eigenvalue weighted by Crippen LogP contribution is 2.33. The van der Waals surface area contributed by atoms with E-state index < -0.39 is 11.7 Å². The molecular formula is C17H16F3N3O2. The highest BCUT2D eigenvalue weighted by Gasteiger charge is 2.32. The normalized spacial score (nSPS) is 11.6. The van der Waals surface area contributed by atoms with Gasteiger partial charge in [-0.3, -0.25) is 0 Å². The second kappa shape index (κ2) is 6.54. The Morgan fingerprint density at radius 1 is 1.08 bits per heavy atom. The Kier molecular flexibility index (Phi) is 4.43. The molecule has 0 radical (unpaired) electrons. The van der Waals surface area contributed by atoms with E-state index in [1.165, 1.54) is 26.4 Å². The molecule has 25 heavy (non-hydrogen) atoms. The number of imidazole rings is 1. The number of benzene rings is 2. The van der Waals surface area contributed by atoms with Gasteiger partial charge in [0.25, 0.3) is 0 Å². The van der Waals surface area contributed by atoms with Crippen LogP contribution in [0.5, 0.6) is 11.5 Å². The number of alkyl halides is 3. The maximum atomic E-state index is 13.0. The van der Waals surface area contributed by atoms with Gasteiger partial charge in [-0.25, -0.2) is 4.98 Å². The second-order valence-electron chi connectivity index (χ2n) is 5.32. The largest absolute Gasteiger partial charge is 0.493 e. The van der Waals surface area contributed by atoms with Crippen LogP contribution in [0.15, 0.2) is 36.4 Å². The van der Waals surface area contributed by atoms with Gasteiger partial charge in [0.1, 0.15) is 0 Å². The fraction of sp³-hybridized carbons (Fsp3) is 0.235. The van der Waals surface area contributed by atoms with Crippen LogP contribution in [0.4, 0.5) is 19.1 Å². The maximum Gasteiger partial charge on any atom is 0.416 e. The van der Waals surface area contributed by atoms with Gasteiger partial charge in [-0.15, -0.1) is 0 Å². The van der Waals surface area contributed by atoms with Gasteiger partial charge in [0.15, 0.2) is 11.5 Å². The number of rotatable bonds is 5. The number of halogens is 3. The number of hydrogen-bond donors (Lipinski definition) is 2. The smallest absolute Gasteiger partial charge is 0.416 e. The molecule has 0 bridgehead atoms. The predicted molar refractivity (Wildman–Crippen MR) is 88.0 cm³/mol. The zero-order chi connectivity index (χ0) is 18.0. The van der Waals surface area contributed by atoms with Crippen LogP contribution < -0.4 is 14.8 Å². The molecule has 0 spiro atoms. The number of hydrogen-bond acceptors (Lipinski definition) is 4. The van der Waals surface area contributed by atoms with Crippen molar-refractivity contribution in [3.63, 3.8) is 0 Å². The summed E-state index contributed by atoms with van der Waals surface area (Å²) in [4.78, 5) is 7.33. The molecular weight excluding hydrogens is 335 g/mol. The standard InChI is InChI=1S/C17H16F3N3O2/c1-24-14-7-12-13(8-15(14)25-2)23-16(22-12)21-9-10-5-3-4-6-11(10)17(18,19)20/h3-8H,9H2,1-2H3,(H2,21,22,23). The van der Waals surface area contributed by atoms with E-state index in [0.29, 0.717) is 28.5 Å². The van der Waals surface area contributed by atoms with Gasteiger partial charge in [0.2, 0.25) is 5.95 Å². The lowest BCUT2D eigenvalue weighted by Gasteiger charge is -2.12. The molecule has 8 heteroatoms. The molecule has 0 aliphatic carbocycles. The molecule has 0 saturated carbocycles. The van der Waals surface area contributed by atoms with E-state index in [0.717, 1.165) is 6.07 Å². The number of H-pyrrole nitrogens is 1. The van der Waals surface area contributed by atoms with Crippen LogP contribution in [-0.4, -0.2) is 24.2 Å². The molecule has 0 aliphatic rings. The molecule has 2 N–H and O–H groups in total. The monoisotopic (exact) mass is 351 g/mol. The van der Waals surface area contributed by atoms with Gasteiger partial charge in [0, 0.05) is 18.7 Å². The molecule has 5 nitrogen and oxygen atoms in total. The summed E-state index contributed by atoms with van der Waals surface area (Å²) in [5, 5.41) is 2.89. The van der Waals surface area contributed by atoms with E-state index in [2.05, 4.69) is 15.3 Å². The molecule has 2 aromatic carbocycles. The first-order chi connectivity index (χ1) is 11.9. The Balaban J connectivity index is 1.85. The molecule has 0 amide bonds. The number of anilines is 1. The Hall–Kier alpha value is -2.90. The quantitative estimate of drug-likeness (QED) is 0.723. The molecule has 0 saturated heterocycles. The van der Waals surface area contributed by atoms with Crippen molar-refractivity contribution in [2.24, 2.45) is 0 Å². The molecule has 3 aromatic rings. The lowest BCUT2D eigenvalue weighted by Crippen LogP contribution is -2.12. The molecule has 1 aromatic heterocycles. The number of nitrogens with zero attached hydrogens (tertiary/aromatic N) is 1. The zero-order valence-corrected chi connectivity index (χ0v) is 13.6. The van der Waals surface area contributed by atoms with Gasteiger partial charge in [-0.2, -0.15) is 13.2 Å². The Morgan fingerprint density at radius 2 is 1.76 bits per heavy atom. The summed E-state index contributed by atoms with van der Waals surface area (Å²) < 4.78 is 49.5. The zero-order valence-electron chi connectivity index (χ0n) is 13.6. The number of ether oxygens (including phenoxy) is 2. The molecule has 1 heterocycles. The summed E-state index contributed by atoms with van der Waals surface area (Å²) in [5.74, 6) is 1.42. The van der Waals surface area contributed by atoms with Crippen molar-refractivity contribution in [1.82, 2.24) is 9.97 Å². The van der Waals surface area contributed by atoms with Crippen LogP contribution in [-0.2, 0) is 12.7 Å². The lowest BCUT2D eigenvalue weighted by molar-refractivity contribution is -0.138. The minimum absolute atomic E-state index is 0.0101. The van der Waals surface area contributed by atoms with Crippen molar-refractivity contribution in [1.29, 1.82) is 0 Å². The first-order valence-corrected chi connectivity index (χ1v) is 7.43. The third-order valence-electron chi connectivity index (χ3n) is 3.76. The average Bonchev–Trinajstić information content (AvgIpc) is 2.99. The van der Waals surface area contributed by atoms with Crippen molar-refractivity contribution in [3.8, 4) is 11.5 Å². The number of nitrogens with one attached hydrogen (secondary N) is 2. The summed E-state index contributed by atoms with van der Waals surface area (Å²) >= 11 is 0. The van der Waals surface area contributed by atoms with Crippen molar-refractivity contribution >= 4 is 17.0 Å². The first kappa shape index (κ1) is 16.9. The Morgan fingerprint density at radius 3 is 2.44 bits per heavy atom. The maximum absolute atomic E-state index is 13.0. The lowest BCUT2D eigenvalue weighted by atomic mass is 10.1. The minimum atomic E-state index is -4.40. The highest BCUT2D eigenvalue weighted by atomic mass is 19.4. The summed E-state index contributed by atoms with van der Waals surface area (Å²) in [6, 6.07) is 8.85. The molecule has 132 valence electrons. The van der Waals surface area contributed by atoms with Crippen molar-refractivity contribution in [2.45, 2.75) is 12.7 Å². The third kappa shape index (κ3) is 3.47. The van der Waals surface area contributed by atoms with E-state index in [1.807, 2.05) is 0 Å². The van der Waals surface area contributed by atoms with Crippen molar-refractivity contribution < 1.29 is 22.6 Å². The van der Waals surface area contributed by atoms with Crippen LogP contribution in [0.3, 0.4) is 0 Å². The highest BCUT2D eigenvalue weighted by molar-refractivity contribution is 5.81. The van der Waals surface area contributed by atoms with Crippen LogP contribution in [0.2, 0.25) is 0 Å². The predicted octanol–water partition coefficient (Wildman–Crippen LogP) is 4.21. The molecule has 0 fully saturated rings. The van der Waals surface area contributed by atoms with Crippen molar-refractivity contribution in [2.75, 3.05) is 19.5 Å². The van der Waals surface area contributed by atoms with Crippen LogP contribution >= 0.6 is 0 Å². The topological polar surface area (TPSA) is 59.2 Å². The molecule has 0 atom stereocenters. The van der Waals surface area contributed by atoms with E-state index in [4.69, 9.17) is 9.47 Å². The van der Waals surface area contributed by atoms with Gasteiger partial charge >= 0.3 is 6.18 Å². The second-order valence-corrected chi connectivity index (χ2v) is 5.32. The third-order valence-corrected chi connectivity index (χ3v) is 3.76. The summed E-state index contributed by atoms with van der Waals surface area (Å²) in [7, 11) is 3.04. The van der Waals surface area contributed by atoms with E-state index in [1.54, 1.807) is 18.2 Å². The Bertz CT molecular complexity index is 849. The van der Waals surface area contributed by atoms with Crippen LogP contribution in [0.25, 0.3) is 11.0 Å². The fourth-order valence-electron chi connectivity index (χ4n) is 2.55. The Labute approximate surface area is 141 Å². The summed E-state index contributed by atoms with van der Waals surface area (Å²) in [5.41, 5.74) is 0.779. The summed E-state index contributed by atoms with van der Waals surface area (Å²) in [6.45, 7) is -0.0101. The number of fused-ring (bicyclic) bond motifs is 1. The van der Waals surface area contributed by atoms with Gasteiger partial charge in [-0.05, 0) is 11.6 Å². The number of methoxy groups -OCH3 is 2. The van der Waals surface area contributed by atoms with Gasteiger partial charge in [0.05, 0.1) is 30.8 Å². The number of aromatic amines is 1. The SMILES string of the molecule is COc1cc2nc(NCc3ccccc3C(F)(F)F)[nH]c2cc1OC. The van der Waals surface area contributed by atoms with E-state index >= 15 is 0 Å². The van der Waals surface area contributed by atoms with Crippen LogP contribution in [0, 0.1) is 0 Å². The molecule has 0 aliphatic heterocycles. The minimum Gasteiger partial charge on any atom is -0.493 e. The summed E-state index contributed by atoms with van der Waals surface area (Å²) in [6.07, 6.45) is -4.40. The van der Waals surface area contributed by atoms with E-state index in [9.17, 15) is 13.2 Å². The first-order valence-electron chi connectivity index (χ1n) is 7.43. The van der Waals surface area contributed by atoms with Crippen LogP contribution in [0.1, 0.15) is 11.1 Å². The van der Waals surface area contributed by atoms with Gasteiger partial charge < -0.3 is 19.8 Å². The van der Waals surface area contributed by atoms with E-state index in [-0.39, 0.29) is 12.1 Å².